The minimum absolute atomic E-state index is 0.139. The second-order valence-corrected chi connectivity index (χ2v) is 9.74. The molecule has 1 aliphatic rings. The molecular weight excluding hydrogens is 635 g/mol. The Morgan fingerprint density at radius 1 is 1.15 bits per heavy atom. The summed E-state index contributed by atoms with van der Waals surface area (Å²) in [7, 11) is 1.58. The highest BCUT2D eigenvalue weighted by molar-refractivity contribution is 14.1. The molecule has 2 aromatic carbocycles. The zero-order valence-corrected chi connectivity index (χ0v) is 20.4. The molecule has 1 saturated heterocycles. The zero-order valence-electron chi connectivity index (χ0n) is 13.8. The minimum Gasteiger partial charge on any atom is -0.495 e. The fraction of sp³-hybridized carbons (Fsp3) is 0.111. The lowest BCUT2D eigenvalue weighted by Gasteiger charge is -2.13. The van der Waals surface area contributed by atoms with E-state index in [0.717, 1.165) is 30.0 Å². The maximum absolute atomic E-state index is 12.8. The van der Waals surface area contributed by atoms with E-state index in [2.05, 4.69) is 45.2 Å². The summed E-state index contributed by atoms with van der Waals surface area (Å²) in [6.45, 7) is 0.139. The van der Waals surface area contributed by atoms with Crippen molar-refractivity contribution in [3.05, 3.63) is 63.5 Å². The normalized spacial score (nSPS) is 15.7. The van der Waals surface area contributed by atoms with Gasteiger partial charge in [-0.1, -0.05) is 29.3 Å². The average molecular weight is 646 g/mol. The van der Waals surface area contributed by atoms with E-state index in [0.29, 0.717) is 20.7 Å². The van der Waals surface area contributed by atoms with Crippen LogP contribution in [-0.4, -0.2) is 23.2 Å². The predicted octanol–water partition coefficient (Wildman–Crippen LogP) is 6.45. The average Bonchev–Trinajstić information content (AvgIpc) is 2.85. The molecule has 0 atom stereocenters. The summed E-state index contributed by atoms with van der Waals surface area (Å²) < 4.78 is 7.40. The molecule has 0 radical (unpaired) electrons. The van der Waals surface area contributed by atoms with Crippen LogP contribution in [0.3, 0.4) is 0 Å². The summed E-state index contributed by atoms with van der Waals surface area (Å²) in [4.78, 5) is 26.7. The highest BCUT2D eigenvalue weighted by Gasteiger charge is 2.35. The van der Waals surface area contributed by atoms with Gasteiger partial charge in [-0.25, -0.2) is 0 Å². The van der Waals surface area contributed by atoms with E-state index in [-0.39, 0.29) is 17.7 Å². The van der Waals surface area contributed by atoms with Crippen LogP contribution in [0.2, 0.25) is 10.0 Å². The number of hydrogen-bond acceptors (Lipinski definition) is 4. The molecule has 4 nitrogen and oxygen atoms in total. The van der Waals surface area contributed by atoms with Crippen molar-refractivity contribution >= 4 is 97.4 Å². The molecule has 1 heterocycles. The van der Waals surface area contributed by atoms with Crippen LogP contribution in [0.4, 0.5) is 4.79 Å². The Morgan fingerprint density at radius 2 is 1.89 bits per heavy atom. The molecule has 0 spiro atoms. The number of imide groups is 1. The Balaban J connectivity index is 1.90. The van der Waals surface area contributed by atoms with Gasteiger partial charge in [0.2, 0.25) is 0 Å². The van der Waals surface area contributed by atoms with Crippen molar-refractivity contribution in [2.75, 3.05) is 7.11 Å². The first kappa shape index (κ1) is 21.2. The topological polar surface area (TPSA) is 46.6 Å². The molecular formula is C18H11Cl2I2NO3S. The number of methoxy groups -OCH3 is 1. The molecule has 140 valence electrons. The number of ether oxygens (including phenoxy) is 1. The number of benzene rings is 2. The Kier molecular flexibility index (Phi) is 6.99. The Morgan fingerprint density at radius 3 is 2.56 bits per heavy atom. The second-order valence-electron chi connectivity index (χ2n) is 5.53. The fourth-order valence-corrected chi connectivity index (χ4v) is 5.76. The molecule has 1 fully saturated rings. The van der Waals surface area contributed by atoms with E-state index in [9.17, 15) is 9.59 Å². The molecule has 2 aromatic rings. The van der Waals surface area contributed by atoms with Gasteiger partial charge in [0.1, 0.15) is 5.75 Å². The maximum Gasteiger partial charge on any atom is 0.293 e. The van der Waals surface area contributed by atoms with Crippen molar-refractivity contribution in [1.29, 1.82) is 0 Å². The molecule has 1 aliphatic heterocycles. The first-order chi connectivity index (χ1) is 12.8. The number of amides is 2. The van der Waals surface area contributed by atoms with Gasteiger partial charge in [0.25, 0.3) is 11.1 Å². The smallest absolute Gasteiger partial charge is 0.293 e. The van der Waals surface area contributed by atoms with Crippen molar-refractivity contribution < 1.29 is 14.3 Å². The van der Waals surface area contributed by atoms with Gasteiger partial charge in [-0.2, -0.15) is 0 Å². The van der Waals surface area contributed by atoms with E-state index in [1.807, 2.05) is 12.1 Å². The first-order valence-corrected chi connectivity index (χ1v) is 11.3. The van der Waals surface area contributed by atoms with Crippen LogP contribution in [0.25, 0.3) is 6.08 Å². The number of halogens is 4. The van der Waals surface area contributed by atoms with Crippen LogP contribution < -0.4 is 4.74 Å². The number of nitrogens with zero attached hydrogens (tertiary/aromatic N) is 1. The Bertz CT molecular complexity index is 981. The van der Waals surface area contributed by atoms with Gasteiger partial charge in [-0.15, -0.1) is 0 Å². The molecule has 27 heavy (non-hydrogen) atoms. The first-order valence-electron chi connectivity index (χ1n) is 7.52. The maximum atomic E-state index is 12.8. The molecule has 0 aromatic heterocycles. The van der Waals surface area contributed by atoms with E-state index < -0.39 is 0 Å². The summed E-state index contributed by atoms with van der Waals surface area (Å²) in [5, 5.41) is 0.487. The molecule has 0 N–H and O–H groups in total. The van der Waals surface area contributed by atoms with E-state index >= 15 is 0 Å². The van der Waals surface area contributed by atoms with E-state index in [1.54, 1.807) is 31.4 Å². The number of carbonyl (C=O) groups excluding carboxylic acids is 2. The van der Waals surface area contributed by atoms with Crippen molar-refractivity contribution in [3.8, 4) is 5.75 Å². The van der Waals surface area contributed by atoms with Gasteiger partial charge in [-0.05, 0) is 92.8 Å². The third-order valence-electron chi connectivity index (χ3n) is 3.73. The molecule has 0 saturated carbocycles. The summed E-state index contributed by atoms with van der Waals surface area (Å²) >= 11 is 17.2. The van der Waals surface area contributed by atoms with Crippen LogP contribution in [0.1, 0.15) is 11.1 Å². The number of carbonyl (C=O) groups is 2. The van der Waals surface area contributed by atoms with Crippen molar-refractivity contribution in [3.63, 3.8) is 0 Å². The zero-order chi connectivity index (χ0) is 19.7. The highest BCUT2D eigenvalue weighted by Crippen LogP contribution is 2.37. The van der Waals surface area contributed by atoms with Gasteiger partial charge in [-0.3, -0.25) is 14.5 Å². The summed E-state index contributed by atoms with van der Waals surface area (Å²) in [5.74, 6) is 0.333. The third-order valence-corrected chi connectivity index (χ3v) is 6.80. The van der Waals surface area contributed by atoms with E-state index in [1.165, 1.54) is 4.90 Å². The van der Waals surface area contributed by atoms with Gasteiger partial charge < -0.3 is 4.74 Å². The third kappa shape index (κ3) is 4.75. The lowest BCUT2D eigenvalue weighted by atomic mass is 10.1. The molecule has 9 heteroatoms. The molecule has 0 unspecified atom stereocenters. The number of hydrogen-bond donors (Lipinski definition) is 0. The highest BCUT2D eigenvalue weighted by atomic mass is 127. The van der Waals surface area contributed by atoms with Gasteiger partial charge in [0.15, 0.2) is 0 Å². The van der Waals surface area contributed by atoms with Gasteiger partial charge in [0.05, 0.1) is 32.2 Å². The fourth-order valence-electron chi connectivity index (χ4n) is 2.50. The standard InChI is InChI=1S/C18H11Cl2I2NO3S/c1-26-16-10(5-11(21)7-14(16)22)6-15-17(24)23(18(25)27-15)8-9-2-3-12(19)13(20)4-9/h2-7H,8H2,1H3/b15-6-. The minimum atomic E-state index is -0.341. The van der Waals surface area contributed by atoms with Crippen LogP contribution >= 0.6 is 80.1 Å². The SMILES string of the molecule is COc1c(I)cc(I)cc1/C=C1\SC(=O)N(Cc2ccc(Cl)c(Cl)c2)C1=O. The molecule has 3 rings (SSSR count). The monoisotopic (exact) mass is 645 g/mol. The summed E-state index contributed by atoms with van der Waals surface area (Å²) in [5.41, 5.74) is 1.49. The lowest BCUT2D eigenvalue weighted by molar-refractivity contribution is -0.123. The van der Waals surface area contributed by atoms with Gasteiger partial charge >= 0.3 is 0 Å². The quantitative estimate of drug-likeness (QED) is 0.283. The van der Waals surface area contributed by atoms with Crippen LogP contribution in [0.15, 0.2) is 35.2 Å². The number of rotatable bonds is 4. The van der Waals surface area contributed by atoms with Crippen molar-refractivity contribution in [2.45, 2.75) is 6.54 Å². The molecule has 0 bridgehead atoms. The van der Waals surface area contributed by atoms with Crippen molar-refractivity contribution in [2.24, 2.45) is 0 Å². The second kappa shape index (κ2) is 8.89. The molecule has 2 amide bonds. The van der Waals surface area contributed by atoms with Gasteiger partial charge in [0, 0.05) is 9.13 Å². The Hall–Kier alpha value is -0.490. The Labute approximate surface area is 197 Å². The van der Waals surface area contributed by atoms with Crippen LogP contribution in [0, 0.1) is 7.14 Å². The van der Waals surface area contributed by atoms with Crippen molar-refractivity contribution in [1.82, 2.24) is 4.90 Å². The largest absolute Gasteiger partial charge is 0.495 e. The van der Waals surface area contributed by atoms with E-state index in [4.69, 9.17) is 27.9 Å². The predicted molar refractivity (Wildman–Crippen MR) is 126 cm³/mol. The summed E-state index contributed by atoms with van der Waals surface area (Å²) in [6, 6.07) is 8.93. The summed E-state index contributed by atoms with van der Waals surface area (Å²) in [6.07, 6.45) is 1.70. The number of thioether (sulfide) groups is 1. The van der Waals surface area contributed by atoms with Crippen LogP contribution in [-0.2, 0) is 11.3 Å². The lowest BCUT2D eigenvalue weighted by Crippen LogP contribution is -2.27. The molecule has 0 aliphatic carbocycles. The van der Waals surface area contributed by atoms with Crippen LogP contribution in [0.5, 0.6) is 5.75 Å².